The van der Waals surface area contributed by atoms with E-state index in [4.69, 9.17) is 0 Å². The van der Waals surface area contributed by atoms with Gasteiger partial charge in [0.1, 0.15) is 0 Å². The summed E-state index contributed by atoms with van der Waals surface area (Å²) in [4.78, 5) is 30.6. The van der Waals surface area contributed by atoms with E-state index in [1.807, 2.05) is 12.1 Å². The Bertz CT molecular complexity index is 1100. The molecule has 0 fully saturated rings. The van der Waals surface area contributed by atoms with Crippen molar-refractivity contribution in [2.24, 2.45) is 4.99 Å². The van der Waals surface area contributed by atoms with Crippen LogP contribution in [-0.2, 0) is 11.2 Å². The monoisotopic (exact) mass is 442 g/mol. The number of fused-ring (bicyclic) bond motifs is 1. The van der Waals surface area contributed by atoms with Gasteiger partial charge in [-0.3, -0.25) is 25.0 Å². The van der Waals surface area contributed by atoms with E-state index < -0.39 is 0 Å². The summed E-state index contributed by atoms with van der Waals surface area (Å²) in [6.45, 7) is 0. The van der Waals surface area contributed by atoms with Crippen LogP contribution in [0.2, 0.25) is 0 Å². The summed E-state index contributed by atoms with van der Waals surface area (Å²) in [5.74, 6) is -0.340. The molecule has 7 nitrogen and oxygen atoms in total. The number of hydrogen-bond donors (Lipinski definition) is 3. The Balaban J connectivity index is 1.85. The van der Waals surface area contributed by atoms with Gasteiger partial charge in [-0.25, -0.2) is 5.01 Å². The van der Waals surface area contributed by atoms with Gasteiger partial charge in [0.05, 0.1) is 17.7 Å². The van der Waals surface area contributed by atoms with Crippen LogP contribution < -0.4 is 11.0 Å². The number of nitrogens with zero attached hydrogens (tertiary/aromatic N) is 2. The Kier molecular flexibility index (Phi) is 5.91. The molecule has 0 unspecified atom stereocenters. The third-order valence-corrected chi connectivity index (χ3v) is 4.49. The van der Waals surface area contributed by atoms with Crippen molar-refractivity contribution in [2.75, 3.05) is 14.1 Å². The van der Waals surface area contributed by atoms with Gasteiger partial charge in [-0.05, 0) is 35.9 Å². The first kappa shape index (κ1) is 19.8. The number of carbonyl (C=O) groups excluding carboxylic acids is 1. The number of amides is 1. The number of hydrazine groups is 1. The maximum absolute atomic E-state index is 12.0. The number of aliphatic imine (C=N–C) groups is 1. The average Bonchev–Trinajstić information content (AvgIpc) is 2.61. The number of aromatic hydroxyl groups is 1. The molecule has 0 saturated carbocycles. The first-order valence-electron chi connectivity index (χ1n) is 8.48. The minimum absolute atomic E-state index is 0.100. The summed E-state index contributed by atoms with van der Waals surface area (Å²) >= 11 is 3.38. The predicted molar refractivity (Wildman–Crippen MR) is 113 cm³/mol. The van der Waals surface area contributed by atoms with Crippen molar-refractivity contribution in [3.8, 4) is 5.88 Å². The molecule has 0 saturated heterocycles. The molecule has 3 rings (SSSR count). The zero-order chi connectivity index (χ0) is 20.3. The van der Waals surface area contributed by atoms with Gasteiger partial charge in [-0.15, -0.1) is 0 Å². The number of benzene rings is 2. The molecule has 0 atom stereocenters. The summed E-state index contributed by atoms with van der Waals surface area (Å²) in [5, 5.41) is 12.8. The van der Waals surface area contributed by atoms with Crippen molar-refractivity contribution in [1.82, 2.24) is 15.4 Å². The van der Waals surface area contributed by atoms with Crippen LogP contribution in [0.5, 0.6) is 5.88 Å². The maximum atomic E-state index is 12.0. The van der Waals surface area contributed by atoms with Crippen LogP contribution >= 0.6 is 15.9 Å². The van der Waals surface area contributed by atoms with Crippen LogP contribution in [0.25, 0.3) is 10.8 Å². The highest BCUT2D eigenvalue weighted by molar-refractivity contribution is 9.10. The Morgan fingerprint density at radius 2 is 1.93 bits per heavy atom. The van der Waals surface area contributed by atoms with E-state index in [2.05, 4.69) is 31.3 Å². The molecular weight excluding hydrogens is 424 g/mol. The lowest BCUT2D eigenvalue weighted by atomic mass is 10.1. The van der Waals surface area contributed by atoms with Gasteiger partial charge in [-0.2, -0.15) is 0 Å². The third-order valence-electron chi connectivity index (χ3n) is 4.00. The molecule has 2 aromatic carbocycles. The number of carbonyl (C=O) groups is 1. The van der Waals surface area contributed by atoms with E-state index in [9.17, 15) is 14.7 Å². The van der Waals surface area contributed by atoms with E-state index in [0.717, 1.165) is 10.0 Å². The average molecular weight is 443 g/mol. The third kappa shape index (κ3) is 4.65. The molecule has 1 amide bonds. The SMILES string of the molecule is CN(C)NC(=O)Cc1ccc(N=Cc2c(O)[nH]c(=O)c3ccc(Br)cc23)cc1. The van der Waals surface area contributed by atoms with Gasteiger partial charge in [0, 0.05) is 35.6 Å². The van der Waals surface area contributed by atoms with Crippen molar-refractivity contribution in [3.63, 3.8) is 0 Å². The molecule has 0 aliphatic carbocycles. The molecule has 1 aromatic heterocycles. The van der Waals surface area contributed by atoms with Crippen LogP contribution in [0.15, 0.2) is 56.7 Å². The fraction of sp³-hybridized carbons (Fsp3) is 0.150. The number of H-pyrrole nitrogens is 1. The fourth-order valence-corrected chi connectivity index (χ4v) is 3.11. The zero-order valence-corrected chi connectivity index (χ0v) is 16.9. The Labute approximate surface area is 169 Å². The Morgan fingerprint density at radius 3 is 2.61 bits per heavy atom. The number of halogens is 1. The number of pyridine rings is 1. The lowest BCUT2D eigenvalue weighted by Gasteiger charge is -2.11. The smallest absolute Gasteiger partial charge is 0.258 e. The predicted octanol–water partition coefficient (Wildman–Crippen LogP) is 2.88. The topological polar surface area (TPSA) is 97.8 Å². The van der Waals surface area contributed by atoms with Gasteiger partial charge in [-0.1, -0.05) is 28.1 Å². The normalized spacial score (nSPS) is 11.4. The number of hydrogen-bond acceptors (Lipinski definition) is 5. The van der Waals surface area contributed by atoms with Crippen LogP contribution in [-0.4, -0.2) is 41.3 Å². The summed E-state index contributed by atoms with van der Waals surface area (Å²) in [7, 11) is 3.51. The number of aromatic nitrogens is 1. The fourth-order valence-electron chi connectivity index (χ4n) is 2.75. The summed E-state index contributed by atoms with van der Waals surface area (Å²) in [6, 6.07) is 12.4. The van der Waals surface area contributed by atoms with E-state index >= 15 is 0 Å². The minimum Gasteiger partial charge on any atom is -0.494 e. The van der Waals surface area contributed by atoms with E-state index in [1.54, 1.807) is 49.4 Å². The highest BCUT2D eigenvalue weighted by Crippen LogP contribution is 2.25. The van der Waals surface area contributed by atoms with Gasteiger partial charge in [0.25, 0.3) is 5.56 Å². The zero-order valence-electron chi connectivity index (χ0n) is 15.4. The van der Waals surface area contributed by atoms with E-state index in [0.29, 0.717) is 22.0 Å². The molecule has 144 valence electrons. The lowest BCUT2D eigenvalue weighted by molar-refractivity contribution is -0.124. The van der Waals surface area contributed by atoms with Crippen LogP contribution in [0.3, 0.4) is 0 Å². The van der Waals surface area contributed by atoms with Crippen LogP contribution in [0.4, 0.5) is 5.69 Å². The molecule has 3 N–H and O–H groups in total. The number of aromatic amines is 1. The van der Waals surface area contributed by atoms with Crippen LogP contribution in [0, 0.1) is 0 Å². The summed E-state index contributed by atoms with van der Waals surface area (Å²) < 4.78 is 0.792. The quantitative estimate of drug-likeness (QED) is 0.417. The van der Waals surface area contributed by atoms with Crippen molar-refractivity contribution in [2.45, 2.75) is 6.42 Å². The largest absolute Gasteiger partial charge is 0.494 e. The number of nitrogens with one attached hydrogen (secondary N) is 2. The molecule has 0 bridgehead atoms. The molecule has 0 aliphatic rings. The molecule has 3 aromatic rings. The second-order valence-corrected chi connectivity index (χ2v) is 7.35. The minimum atomic E-state index is -0.363. The van der Waals surface area contributed by atoms with Gasteiger partial charge < -0.3 is 5.11 Å². The Hall–Kier alpha value is -2.97. The van der Waals surface area contributed by atoms with Crippen molar-refractivity contribution in [1.29, 1.82) is 0 Å². The van der Waals surface area contributed by atoms with Crippen molar-refractivity contribution >= 4 is 44.5 Å². The highest BCUT2D eigenvalue weighted by atomic mass is 79.9. The van der Waals surface area contributed by atoms with Crippen molar-refractivity contribution in [3.05, 3.63) is 68.4 Å². The maximum Gasteiger partial charge on any atom is 0.258 e. The van der Waals surface area contributed by atoms with E-state index in [1.165, 1.54) is 6.21 Å². The molecular formula is C20H19BrN4O3. The first-order chi connectivity index (χ1) is 13.3. The highest BCUT2D eigenvalue weighted by Gasteiger charge is 2.10. The molecule has 0 spiro atoms. The van der Waals surface area contributed by atoms with E-state index in [-0.39, 0.29) is 23.8 Å². The van der Waals surface area contributed by atoms with Gasteiger partial charge in [0.2, 0.25) is 11.8 Å². The second-order valence-electron chi connectivity index (χ2n) is 6.44. The molecule has 0 radical (unpaired) electrons. The summed E-state index contributed by atoms with van der Waals surface area (Å²) in [5.41, 5.74) is 4.27. The van der Waals surface area contributed by atoms with Crippen LogP contribution in [0.1, 0.15) is 11.1 Å². The summed E-state index contributed by atoms with van der Waals surface area (Å²) in [6.07, 6.45) is 1.77. The second kappa shape index (κ2) is 8.37. The molecule has 1 heterocycles. The lowest BCUT2D eigenvalue weighted by Crippen LogP contribution is -2.37. The van der Waals surface area contributed by atoms with Gasteiger partial charge in [0.15, 0.2) is 0 Å². The first-order valence-corrected chi connectivity index (χ1v) is 9.27. The number of rotatable bonds is 5. The molecule has 0 aliphatic heterocycles. The Morgan fingerprint density at radius 1 is 1.21 bits per heavy atom. The van der Waals surface area contributed by atoms with Crippen molar-refractivity contribution < 1.29 is 9.90 Å². The standard InChI is InChI=1S/C20H19BrN4O3/c1-25(2)24-18(26)9-12-3-6-14(7-4-12)22-11-17-16-10-13(21)5-8-15(16)19(27)23-20(17)28/h3-8,10-11H,9H2,1-2H3,(H,24,26)(H2,23,27,28). The molecule has 28 heavy (non-hydrogen) atoms. The molecule has 8 heteroatoms. The van der Waals surface area contributed by atoms with Gasteiger partial charge >= 0.3 is 0 Å².